The lowest BCUT2D eigenvalue weighted by Gasteiger charge is -2.41. The quantitative estimate of drug-likeness (QED) is 0.839. The highest BCUT2D eigenvalue weighted by molar-refractivity contribution is 5.86. The van der Waals surface area contributed by atoms with E-state index in [1.54, 1.807) is 6.92 Å². The van der Waals surface area contributed by atoms with Crippen LogP contribution in [0.25, 0.3) is 0 Å². The summed E-state index contributed by atoms with van der Waals surface area (Å²) in [6.45, 7) is 2.38. The number of hydrogen-bond donors (Lipinski definition) is 2. The number of urea groups is 1. The predicted octanol–water partition coefficient (Wildman–Crippen LogP) is 0.651. The Hall–Kier alpha value is -2.12. The highest BCUT2D eigenvalue weighted by Gasteiger charge is 2.43. The van der Waals surface area contributed by atoms with Crippen molar-refractivity contribution in [2.75, 3.05) is 13.1 Å². The third kappa shape index (κ3) is 2.89. The van der Waals surface area contributed by atoms with Crippen LogP contribution in [0.2, 0.25) is 0 Å². The predicted molar refractivity (Wildman–Crippen MR) is 68.0 cm³/mol. The number of nitrogens with zero attached hydrogens (tertiary/aromatic N) is 3. The first kappa shape index (κ1) is 14.3. The van der Waals surface area contributed by atoms with E-state index in [9.17, 15) is 14.7 Å². The largest absolute Gasteiger partial charge is 0.480 e. The highest BCUT2D eigenvalue weighted by atomic mass is 16.5. The van der Waals surface area contributed by atoms with Crippen LogP contribution in [0.5, 0.6) is 0 Å². The van der Waals surface area contributed by atoms with Crippen molar-refractivity contribution >= 4 is 12.0 Å². The highest BCUT2D eigenvalue weighted by Crippen LogP contribution is 2.28. The molecule has 0 aromatic carbocycles. The fourth-order valence-electron chi connectivity index (χ4n) is 2.35. The number of likely N-dealkylation sites (tertiary alicyclic amines) is 1. The van der Waals surface area contributed by atoms with Crippen LogP contribution in [-0.4, -0.2) is 50.8 Å². The van der Waals surface area contributed by atoms with E-state index < -0.39 is 11.5 Å². The van der Waals surface area contributed by atoms with Gasteiger partial charge in [-0.25, -0.2) is 9.59 Å². The summed E-state index contributed by atoms with van der Waals surface area (Å²) in [6, 6.07) is -0.363. The number of rotatable bonds is 4. The molecule has 0 saturated carbocycles. The van der Waals surface area contributed by atoms with E-state index >= 15 is 0 Å². The molecule has 2 N–H and O–H groups in total. The van der Waals surface area contributed by atoms with E-state index in [0.29, 0.717) is 31.8 Å². The van der Waals surface area contributed by atoms with E-state index in [2.05, 4.69) is 20.0 Å². The van der Waals surface area contributed by atoms with Gasteiger partial charge in [0.15, 0.2) is 5.82 Å². The third-order valence-corrected chi connectivity index (χ3v) is 3.63. The zero-order valence-corrected chi connectivity index (χ0v) is 11.3. The van der Waals surface area contributed by atoms with Crippen LogP contribution in [0.1, 0.15) is 32.0 Å². The number of hydrogen-bond acceptors (Lipinski definition) is 5. The van der Waals surface area contributed by atoms with Crippen LogP contribution in [0.3, 0.4) is 0 Å². The van der Waals surface area contributed by atoms with Crippen LogP contribution in [0.4, 0.5) is 4.79 Å². The van der Waals surface area contributed by atoms with Crippen molar-refractivity contribution in [1.29, 1.82) is 0 Å². The number of carbonyl (C=O) groups is 2. The zero-order valence-electron chi connectivity index (χ0n) is 11.3. The second-order valence-corrected chi connectivity index (χ2v) is 5.02. The molecule has 0 radical (unpaired) electrons. The first-order chi connectivity index (χ1) is 9.54. The average molecular weight is 282 g/mol. The van der Waals surface area contributed by atoms with Gasteiger partial charge in [0.2, 0.25) is 6.39 Å². The van der Waals surface area contributed by atoms with Crippen molar-refractivity contribution in [3.8, 4) is 0 Å². The molecule has 1 aliphatic heterocycles. The molecule has 0 spiro atoms. The number of carbonyl (C=O) groups excluding carboxylic acids is 1. The van der Waals surface area contributed by atoms with Gasteiger partial charge < -0.3 is 19.8 Å². The number of nitrogens with one attached hydrogen (secondary N) is 1. The molecule has 1 fully saturated rings. The molecule has 1 atom stereocenters. The van der Waals surface area contributed by atoms with Crippen molar-refractivity contribution in [3.05, 3.63) is 12.2 Å². The molecule has 2 rings (SSSR count). The molecule has 1 unspecified atom stereocenters. The summed E-state index contributed by atoms with van der Waals surface area (Å²) in [4.78, 5) is 28.8. The maximum absolute atomic E-state index is 12.1. The van der Waals surface area contributed by atoms with Crippen molar-refractivity contribution in [2.45, 2.75) is 38.1 Å². The Balaban J connectivity index is 1.91. The number of carboxylic acid groups (broad SMARTS) is 1. The smallest absolute Gasteiger partial charge is 0.329 e. The van der Waals surface area contributed by atoms with Gasteiger partial charge in [-0.2, -0.15) is 4.98 Å². The summed E-state index contributed by atoms with van der Waals surface area (Å²) in [5, 5.41) is 15.7. The molecule has 2 amide bonds. The number of aromatic nitrogens is 2. The molecule has 1 aromatic rings. The average Bonchev–Trinajstić information content (AvgIpc) is 2.92. The minimum absolute atomic E-state index is 0.338. The van der Waals surface area contributed by atoms with Gasteiger partial charge in [-0.1, -0.05) is 5.16 Å². The summed E-state index contributed by atoms with van der Waals surface area (Å²) < 4.78 is 4.59. The monoisotopic (exact) mass is 282 g/mol. The molecular formula is C12H18N4O4. The van der Waals surface area contributed by atoms with Gasteiger partial charge in [0.25, 0.3) is 0 Å². The normalized spacial score (nSPS) is 22.6. The SMILES string of the molecule is CC1(C(=O)O)CCCCN1C(=O)NCCc1ncon1. The summed E-state index contributed by atoms with van der Waals surface area (Å²) >= 11 is 0. The topological polar surface area (TPSA) is 109 Å². The van der Waals surface area contributed by atoms with Crippen LogP contribution < -0.4 is 5.32 Å². The van der Waals surface area contributed by atoms with E-state index in [1.807, 2.05) is 0 Å². The molecule has 20 heavy (non-hydrogen) atoms. The number of amides is 2. The van der Waals surface area contributed by atoms with Gasteiger partial charge in [-0.3, -0.25) is 0 Å². The number of piperidine rings is 1. The van der Waals surface area contributed by atoms with E-state index in [0.717, 1.165) is 12.8 Å². The van der Waals surface area contributed by atoms with Crippen LogP contribution in [0.15, 0.2) is 10.9 Å². The van der Waals surface area contributed by atoms with Crippen LogP contribution in [0, 0.1) is 0 Å². The van der Waals surface area contributed by atoms with Crippen molar-refractivity contribution in [2.24, 2.45) is 0 Å². The fourth-order valence-corrected chi connectivity index (χ4v) is 2.35. The van der Waals surface area contributed by atoms with Gasteiger partial charge in [0.05, 0.1) is 0 Å². The Morgan fingerprint density at radius 3 is 3.00 bits per heavy atom. The molecule has 110 valence electrons. The molecule has 8 heteroatoms. The molecule has 1 saturated heterocycles. The molecular weight excluding hydrogens is 264 g/mol. The molecule has 1 aromatic heterocycles. The summed E-state index contributed by atoms with van der Waals surface area (Å²) in [5.41, 5.74) is -1.13. The Kier molecular flexibility index (Phi) is 4.21. The summed E-state index contributed by atoms with van der Waals surface area (Å²) in [6.07, 6.45) is 3.78. The zero-order chi connectivity index (χ0) is 14.6. The standard InChI is InChI=1S/C12H18N4O4/c1-12(10(17)18)5-2-3-7-16(12)11(19)13-6-4-9-14-8-20-15-9/h8H,2-7H2,1H3,(H,13,19)(H,17,18). The Morgan fingerprint density at radius 2 is 2.35 bits per heavy atom. The maximum Gasteiger partial charge on any atom is 0.329 e. The van der Waals surface area contributed by atoms with E-state index in [-0.39, 0.29) is 6.03 Å². The van der Waals surface area contributed by atoms with Gasteiger partial charge in [-0.05, 0) is 26.2 Å². The minimum atomic E-state index is -1.13. The summed E-state index contributed by atoms with van der Waals surface area (Å²) in [7, 11) is 0. The Morgan fingerprint density at radius 1 is 1.55 bits per heavy atom. The Labute approximate surface area is 116 Å². The molecule has 8 nitrogen and oxygen atoms in total. The molecule has 2 heterocycles. The van der Waals surface area contributed by atoms with Gasteiger partial charge in [0, 0.05) is 19.5 Å². The lowest BCUT2D eigenvalue weighted by molar-refractivity contribution is -0.150. The van der Waals surface area contributed by atoms with Crippen LogP contribution in [-0.2, 0) is 11.2 Å². The third-order valence-electron chi connectivity index (χ3n) is 3.63. The first-order valence-electron chi connectivity index (χ1n) is 6.58. The lowest BCUT2D eigenvalue weighted by Crippen LogP contribution is -2.60. The number of aliphatic carboxylic acids is 1. The van der Waals surface area contributed by atoms with Crippen LogP contribution >= 0.6 is 0 Å². The second-order valence-electron chi connectivity index (χ2n) is 5.02. The van der Waals surface area contributed by atoms with Crippen molar-refractivity contribution < 1.29 is 19.2 Å². The fraction of sp³-hybridized carbons (Fsp3) is 0.667. The summed E-state index contributed by atoms with van der Waals surface area (Å²) in [5.74, 6) is -0.463. The molecule has 0 bridgehead atoms. The van der Waals surface area contributed by atoms with E-state index in [1.165, 1.54) is 11.3 Å². The van der Waals surface area contributed by atoms with E-state index in [4.69, 9.17) is 0 Å². The lowest BCUT2D eigenvalue weighted by atomic mass is 9.89. The maximum atomic E-state index is 12.1. The minimum Gasteiger partial charge on any atom is -0.480 e. The number of carboxylic acids is 1. The van der Waals surface area contributed by atoms with Gasteiger partial charge >= 0.3 is 12.0 Å². The van der Waals surface area contributed by atoms with Crippen molar-refractivity contribution in [3.63, 3.8) is 0 Å². The van der Waals surface area contributed by atoms with Crippen molar-refractivity contribution in [1.82, 2.24) is 20.4 Å². The molecule has 0 aliphatic carbocycles. The Bertz CT molecular complexity index is 476. The van der Waals surface area contributed by atoms with Gasteiger partial charge in [-0.15, -0.1) is 0 Å². The first-order valence-corrected chi connectivity index (χ1v) is 6.58. The second kappa shape index (κ2) is 5.89. The van der Waals surface area contributed by atoms with Gasteiger partial charge in [0.1, 0.15) is 5.54 Å². The molecule has 1 aliphatic rings.